The van der Waals surface area contributed by atoms with E-state index in [1.54, 1.807) is 6.92 Å². The van der Waals surface area contributed by atoms with E-state index in [1.165, 1.54) is 6.20 Å². The van der Waals surface area contributed by atoms with Crippen molar-refractivity contribution in [2.75, 3.05) is 6.54 Å². The van der Waals surface area contributed by atoms with Crippen LogP contribution in [0.15, 0.2) is 6.20 Å². The van der Waals surface area contributed by atoms with Crippen molar-refractivity contribution in [3.8, 4) is 0 Å². The molecular weight excluding hydrogens is 242 g/mol. The first-order valence-electron chi connectivity index (χ1n) is 5.19. The van der Waals surface area contributed by atoms with E-state index in [-0.39, 0.29) is 18.7 Å². The van der Waals surface area contributed by atoms with Gasteiger partial charge in [-0.2, -0.15) is 0 Å². The Morgan fingerprint density at radius 1 is 1.44 bits per heavy atom. The molecule has 1 aromatic rings. The average Bonchev–Trinajstić information content (AvgIpc) is 2.64. The van der Waals surface area contributed by atoms with Gasteiger partial charge in [-0.25, -0.2) is 9.48 Å². The van der Waals surface area contributed by atoms with Crippen molar-refractivity contribution >= 4 is 17.9 Å². The molecule has 0 aliphatic heterocycles. The number of urea groups is 1. The Labute approximate surface area is 102 Å². The molecule has 1 heterocycles. The highest BCUT2D eigenvalue weighted by Gasteiger charge is 2.10. The Kier molecular flexibility index (Phi) is 4.78. The van der Waals surface area contributed by atoms with Crippen LogP contribution in [0.1, 0.15) is 12.6 Å². The molecule has 1 rings (SSSR count). The predicted molar refractivity (Wildman–Crippen MR) is 58.6 cm³/mol. The minimum Gasteiger partial charge on any atom is -0.481 e. The number of carbonyl (C=O) groups is 3. The van der Waals surface area contributed by atoms with E-state index < -0.39 is 17.9 Å². The summed E-state index contributed by atoms with van der Waals surface area (Å²) in [5.41, 5.74) is 0.244. The number of carboxylic acid groups (broad SMARTS) is 1. The van der Waals surface area contributed by atoms with Gasteiger partial charge in [-0.15, -0.1) is 5.10 Å². The minimum atomic E-state index is -1.03. The van der Waals surface area contributed by atoms with Crippen LogP contribution in [0.3, 0.4) is 0 Å². The molecule has 0 aromatic carbocycles. The molecule has 1 aromatic heterocycles. The topological polar surface area (TPSA) is 126 Å². The number of carbonyl (C=O) groups excluding carboxylic acids is 2. The Hall–Kier alpha value is -2.45. The van der Waals surface area contributed by atoms with E-state index in [0.717, 1.165) is 4.68 Å². The molecule has 3 amide bonds. The molecule has 0 aliphatic rings. The second-order valence-electron chi connectivity index (χ2n) is 3.39. The highest BCUT2D eigenvalue weighted by Crippen LogP contribution is 1.94. The normalized spacial score (nSPS) is 9.83. The second kappa shape index (κ2) is 6.33. The summed E-state index contributed by atoms with van der Waals surface area (Å²) in [6.07, 6.45) is 1.07. The van der Waals surface area contributed by atoms with Crippen LogP contribution in [0.4, 0.5) is 4.79 Å². The Morgan fingerprint density at radius 3 is 2.78 bits per heavy atom. The zero-order valence-electron chi connectivity index (χ0n) is 9.71. The van der Waals surface area contributed by atoms with Crippen molar-refractivity contribution in [2.24, 2.45) is 0 Å². The van der Waals surface area contributed by atoms with E-state index in [0.29, 0.717) is 6.54 Å². The van der Waals surface area contributed by atoms with E-state index in [1.807, 2.05) is 0 Å². The first kappa shape index (κ1) is 13.6. The lowest BCUT2D eigenvalue weighted by Gasteiger charge is -2.03. The van der Waals surface area contributed by atoms with Gasteiger partial charge in [0, 0.05) is 12.7 Å². The fourth-order valence-corrected chi connectivity index (χ4v) is 1.17. The molecule has 0 spiro atoms. The number of aromatic nitrogens is 3. The highest BCUT2D eigenvalue weighted by molar-refractivity contribution is 5.94. The predicted octanol–water partition coefficient (Wildman–Crippen LogP) is -1.25. The fraction of sp³-hybridized carbons (Fsp3) is 0.444. The lowest BCUT2D eigenvalue weighted by atomic mass is 10.3. The molecular formula is C9H13N5O4. The Bertz CT molecular complexity index is 456. The third-order valence-electron chi connectivity index (χ3n) is 1.81. The Balaban J connectivity index is 2.47. The molecule has 0 atom stereocenters. The van der Waals surface area contributed by atoms with Crippen LogP contribution < -0.4 is 10.6 Å². The summed E-state index contributed by atoms with van der Waals surface area (Å²) in [5.74, 6) is -1.60. The summed E-state index contributed by atoms with van der Waals surface area (Å²) in [7, 11) is 0. The number of amides is 3. The largest absolute Gasteiger partial charge is 0.481 e. The average molecular weight is 255 g/mol. The van der Waals surface area contributed by atoms with Crippen LogP contribution in [0.2, 0.25) is 0 Å². The number of rotatable bonds is 5. The molecule has 9 nitrogen and oxygen atoms in total. The molecule has 3 N–H and O–H groups in total. The van der Waals surface area contributed by atoms with Gasteiger partial charge in [0.05, 0.1) is 12.1 Å². The molecule has 0 bridgehead atoms. The van der Waals surface area contributed by atoms with E-state index >= 15 is 0 Å². The molecule has 0 fully saturated rings. The summed E-state index contributed by atoms with van der Waals surface area (Å²) >= 11 is 0. The van der Waals surface area contributed by atoms with Crippen LogP contribution in [-0.4, -0.2) is 44.6 Å². The molecule has 0 unspecified atom stereocenters. The molecule has 0 aliphatic carbocycles. The zero-order chi connectivity index (χ0) is 13.5. The third kappa shape index (κ3) is 4.60. The van der Waals surface area contributed by atoms with E-state index in [4.69, 9.17) is 5.11 Å². The van der Waals surface area contributed by atoms with E-state index in [2.05, 4.69) is 20.9 Å². The van der Waals surface area contributed by atoms with Crippen molar-refractivity contribution < 1.29 is 19.5 Å². The number of hydrogen-bond acceptors (Lipinski definition) is 5. The number of nitrogens with zero attached hydrogens (tertiary/aromatic N) is 3. The lowest BCUT2D eigenvalue weighted by molar-refractivity contribution is -0.136. The fourth-order valence-electron chi connectivity index (χ4n) is 1.17. The van der Waals surface area contributed by atoms with Crippen molar-refractivity contribution in [1.29, 1.82) is 0 Å². The second-order valence-corrected chi connectivity index (χ2v) is 3.39. The number of hydrogen-bond donors (Lipinski definition) is 3. The standard InChI is InChI=1S/C9H13N5O4/c1-2-10-9(18)11-7(15)5-14-4-6(12-13-14)3-8(16)17/h4H,2-3,5H2,1H3,(H,16,17)(H2,10,11,15,18). The SMILES string of the molecule is CCNC(=O)NC(=O)Cn1cc(CC(=O)O)nn1. The zero-order valence-corrected chi connectivity index (χ0v) is 9.71. The molecule has 0 radical (unpaired) electrons. The van der Waals surface area contributed by atoms with Gasteiger partial charge in [-0.05, 0) is 6.92 Å². The third-order valence-corrected chi connectivity index (χ3v) is 1.81. The van der Waals surface area contributed by atoms with Gasteiger partial charge < -0.3 is 10.4 Å². The summed E-state index contributed by atoms with van der Waals surface area (Å²) in [4.78, 5) is 32.8. The van der Waals surface area contributed by atoms with Gasteiger partial charge in [-0.1, -0.05) is 5.21 Å². The monoisotopic (exact) mass is 255 g/mol. The van der Waals surface area contributed by atoms with Gasteiger partial charge >= 0.3 is 12.0 Å². The van der Waals surface area contributed by atoms with Crippen molar-refractivity contribution in [1.82, 2.24) is 25.6 Å². The molecule has 18 heavy (non-hydrogen) atoms. The quantitative estimate of drug-likeness (QED) is 0.603. The van der Waals surface area contributed by atoms with Gasteiger partial charge in [0.1, 0.15) is 6.54 Å². The maximum absolute atomic E-state index is 11.4. The Morgan fingerprint density at radius 2 is 2.17 bits per heavy atom. The highest BCUT2D eigenvalue weighted by atomic mass is 16.4. The van der Waals surface area contributed by atoms with Crippen molar-refractivity contribution in [3.05, 3.63) is 11.9 Å². The number of carboxylic acids is 1. The summed E-state index contributed by atoms with van der Waals surface area (Å²) in [5, 5.41) is 20.2. The van der Waals surface area contributed by atoms with Gasteiger partial charge in [-0.3, -0.25) is 14.9 Å². The number of aliphatic carboxylic acids is 1. The van der Waals surface area contributed by atoms with Crippen LogP contribution >= 0.6 is 0 Å². The number of nitrogens with one attached hydrogen (secondary N) is 2. The molecule has 98 valence electrons. The first-order valence-corrected chi connectivity index (χ1v) is 5.19. The van der Waals surface area contributed by atoms with Crippen LogP contribution in [0.5, 0.6) is 0 Å². The van der Waals surface area contributed by atoms with Crippen molar-refractivity contribution in [3.63, 3.8) is 0 Å². The smallest absolute Gasteiger partial charge is 0.321 e. The van der Waals surface area contributed by atoms with Crippen LogP contribution in [0, 0.1) is 0 Å². The summed E-state index contributed by atoms with van der Waals surface area (Å²) < 4.78 is 1.16. The first-order chi connectivity index (χ1) is 8.51. The summed E-state index contributed by atoms with van der Waals surface area (Å²) in [6, 6.07) is -0.589. The number of imide groups is 1. The molecule has 9 heteroatoms. The van der Waals surface area contributed by atoms with Crippen LogP contribution in [-0.2, 0) is 22.6 Å². The van der Waals surface area contributed by atoms with E-state index in [9.17, 15) is 14.4 Å². The van der Waals surface area contributed by atoms with Gasteiger partial charge in [0.25, 0.3) is 0 Å². The van der Waals surface area contributed by atoms with Gasteiger partial charge in [0.15, 0.2) is 0 Å². The summed E-state index contributed by atoms with van der Waals surface area (Å²) in [6.45, 7) is 1.93. The lowest BCUT2D eigenvalue weighted by Crippen LogP contribution is -2.40. The van der Waals surface area contributed by atoms with Gasteiger partial charge in [0.2, 0.25) is 5.91 Å². The minimum absolute atomic E-state index is 0.205. The maximum atomic E-state index is 11.4. The molecule has 0 saturated carbocycles. The van der Waals surface area contributed by atoms with Crippen molar-refractivity contribution in [2.45, 2.75) is 19.9 Å². The van der Waals surface area contributed by atoms with Crippen LogP contribution in [0.25, 0.3) is 0 Å². The maximum Gasteiger partial charge on any atom is 0.321 e. The molecule has 0 saturated heterocycles.